The van der Waals surface area contributed by atoms with E-state index in [0.717, 1.165) is 0 Å². The molecule has 0 spiro atoms. The predicted molar refractivity (Wildman–Crippen MR) is 61.3 cm³/mol. The highest BCUT2D eigenvalue weighted by molar-refractivity contribution is 7.80. The normalized spacial score (nSPS) is 14.3. The van der Waals surface area contributed by atoms with Crippen molar-refractivity contribution in [2.45, 2.75) is 12.5 Å². The van der Waals surface area contributed by atoms with E-state index in [9.17, 15) is 14.7 Å². The van der Waals surface area contributed by atoms with Crippen molar-refractivity contribution in [1.29, 1.82) is 0 Å². The summed E-state index contributed by atoms with van der Waals surface area (Å²) in [5.74, 6) is -1.47. The quantitative estimate of drug-likeness (QED) is 0.696. The lowest BCUT2D eigenvalue weighted by Gasteiger charge is -2.27. The summed E-state index contributed by atoms with van der Waals surface area (Å²) in [4.78, 5) is 22.8. The van der Waals surface area contributed by atoms with Gasteiger partial charge in [-0.1, -0.05) is 6.07 Å². The molecule has 0 aliphatic rings. The van der Waals surface area contributed by atoms with Crippen molar-refractivity contribution in [1.82, 2.24) is 5.32 Å². The fourth-order valence-corrected chi connectivity index (χ4v) is 2.59. The fourth-order valence-electron chi connectivity index (χ4n) is 1.23. The second-order valence-corrected chi connectivity index (χ2v) is 4.29. The molecule has 0 aromatic carbocycles. The molecule has 15 heavy (non-hydrogen) atoms. The van der Waals surface area contributed by atoms with E-state index in [2.05, 4.69) is 17.9 Å². The summed E-state index contributed by atoms with van der Waals surface area (Å²) < 4.78 is 0. The summed E-state index contributed by atoms with van der Waals surface area (Å²) in [5, 5.41) is 13.4. The minimum atomic E-state index is -1.41. The molecule has 1 atom stereocenters. The fraction of sp³-hybridized carbons (Fsp3) is 0.333. The van der Waals surface area contributed by atoms with Crippen molar-refractivity contribution in [2.75, 3.05) is 5.75 Å². The lowest BCUT2D eigenvalue weighted by atomic mass is 10.00. The number of hydrogen-bond acceptors (Lipinski definition) is 4. The van der Waals surface area contributed by atoms with Gasteiger partial charge in [0.25, 0.3) is 0 Å². The molecule has 0 aliphatic carbocycles. The average molecular weight is 245 g/mol. The highest BCUT2D eigenvalue weighted by Gasteiger charge is 2.41. The predicted octanol–water partition coefficient (Wildman–Crippen LogP) is 1.09. The number of carboxylic acids is 1. The zero-order valence-corrected chi connectivity index (χ0v) is 9.77. The summed E-state index contributed by atoms with van der Waals surface area (Å²) in [5.41, 5.74) is -1.41. The molecular formula is C9H11NO3S2. The number of carboxylic acid groups (broad SMARTS) is 1. The number of thiol groups is 1. The molecule has 1 aromatic rings. The molecule has 0 aliphatic heterocycles. The van der Waals surface area contributed by atoms with Crippen LogP contribution in [-0.4, -0.2) is 22.7 Å². The van der Waals surface area contributed by atoms with Crippen LogP contribution in [0.1, 0.15) is 11.8 Å². The van der Waals surface area contributed by atoms with Gasteiger partial charge < -0.3 is 10.4 Å². The third kappa shape index (κ3) is 2.32. The molecule has 0 bridgehead atoms. The maximum Gasteiger partial charge on any atom is 0.335 e. The van der Waals surface area contributed by atoms with Crippen LogP contribution in [-0.2, 0) is 15.1 Å². The van der Waals surface area contributed by atoms with E-state index in [1.165, 1.54) is 18.3 Å². The Morgan fingerprint density at radius 2 is 2.33 bits per heavy atom. The van der Waals surface area contributed by atoms with Gasteiger partial charge in [-0.25, -0.2) is 4.79 Å². The number of carbonyl (C=O) groups is 2. The number of hydrogen-bond donors (Lipinski definition) is 3. The summed E-state index contributed by atoms with van der Waals surface area (Å²) in [6, 6.07) is 3.41. The monoisotopic (exact) mass is 245 g/mol. The standard InChI is InChI=1S/C9H11NO3S2/c1-6(11)10-9(5-14,8(12)13)7-3-2-4-15-7/h2-4,14H,5H2,1H3,(H,10,11)(H,12,13)/t9-/m1/s1. The minimum absolute atomic E-state index is 0.0163. The largest absolute Gasteiger partial charge is 0.479 e. The summed E-state index contributed by atoms with van der Waals surface area (Å²) in [6.45, 7) is 1.29. The van der Waals surface area contributed by atoms with Gasteiger partial charge >= 0.3 is 5.97 Å². The lowest BCUT2D eigenvalue weighted by Crippen LogP contribution is -2.52. The van der Waals surface area contributed by atoms with Crippen molar-refractivity contribution in [3.05, 3.63) is 22.4 Å². The third-order valence-corrected chi connectivity index (χ3v) is 3.44. The van der Waals surface area contributed by atoms with Gasteiger partial charge in [0, 0.05) is 17.6 Å². The smallest absolute Gasteiger partial charge is 0.335 e. The molecule has 1 amide bonds. The van der Waals surface area contributed by atoms with E-state index in [4.69, 9.17) is 0 Å². The summed E-state index contributed by atoms with van der Waals surface area (Å²) in [6.07, 6.45) is 0. The Hall–Kier alpha value is -1.01. The first-order valence-corrected chi connectivity index (χ1v) is 5.71. The SMILES string of the molecule is CC(=O)N[C@@](CS)(C(=O)O)c1cccs1. The molecule has 0 fully saturated rings. The molecule has 0 radical (unpaired) electrons. The maximum atomic E-state index is 11.2. The number of thiophene rings is 1. The number of carbonyl (C=O) groups excluding carboxylic acids is 1. The molecule has 1 rings (SSSR count). The second-order valence-electron chi connectivity index (χ2n) is 3.03. The van der Waals surface area contributed by atoms with E-state index < -0.39 is 11.5 Å². The van der Waals surface area contributed by atoms with Gasteiger partial charge in [0.1, 0.15) is 0 Å². The van der Waals surface area contributed by atoms with Gasteiger partial charge in [-0.15, -0.1) is 11.3 Å². The van der Waals surface area contributed by atoms with Crippen LogP contribution in [0.15, 0.2) is 17.5 Å². The Kier molecular flexibility index (Phi) is 3.76. The number of aliphatic carboxylic acids is 1. The molecule has 0 unspecified atom stereocenters. The highest BCUT2D eigenvalue weighted by Crippen LogP contribution is 2.27. The van der Waals surface area contributed by atoms with Gasteiger partial charge in [0.05, 0.1) is 0 Å². The number of rotatable bonds is 4. The first-order valence-electron chi connectivity index (χ1n) is 4.20. The Morgan fingerprint density at radius 1 is 1.67 bits per heavy atom. The van der Waals surface area contributed by atoms with Gasteiger partial charge in [0.2, 0.25) is 5.91 Å². The number of nitrogens with one attached hydrogen (secondary N) is 1. The van der Waals surface area contributed by atoms with Crippen LogP contribution in [0.3, 0.4) is 0 Å². The van der Waals surface area contributed by atoms with Crippen molar-refractivity contribution >= 4 is 35.8 Å². The van der Waals surface area contributed by atoms with Crippen LogP contribution in [0, 0.1) is 0 Å². The first kappa shape index (κ1) is 12.1. The second kappa shape index (κ2) is 4.67. The molecule has 0 saturated carbocycles. The van der Waals surface area contributed by atoms with E-state index in [1.54, 1.807) is 17.5 Å². The third-order valence-electron chi connectivity index (χ3n) is 1.93. The van der Waals surface area contributed by atoms with E-state index in [0.29, 0.717) is 4.88 Å². The van der Waals surface area contributed by atoms with Crippen LogP contribution in [0.5, 0.6) is 0 Å². The molecule has 4 nitrogen and oxygen atoms in total. The minimum Gasteiger partial charge on any atom is -0.479 e. The van der Waals surface area contributed by atoms with Crippen LogP contribution in [0.25, 0.3) is 0 Å². The van der Waals surface area contributed by atoms with Crippen molar-refractivity contribution in [3.8, 4) is 0 Å². The Morgan fingerprint density at radius 3 is 2.67 bits per heavy atom. The molecule has 1 aromatic heterocycles. The summed E-state index contributed by atoms with van der Waals surface area (Å²) >= 11 is 5.29. The Balaban J connectivity index is 3.15. The van der Waals surface area contributed by atoms with Gasteiger partial charge in [0.15, 0.2) is 5.54 Å². The summed E-state index contributed by atoms with van der Waals surface area (Å²) in [7, 11) is 0. The highest BCUT2D eigenvalue weighted by atomic mass is 32.1. The number of amides is 1. The molecule has 6 heteroatoms. The van der Waals surface area contributed by atoms with E-state index in [1.807, 2.05) is 0 Å². The van der Waals surface area contributed by atoms with Crippen molar-refractivity contribution < 1.29 is 14.7 Å². The van der Waals surface area contributed by atoms with Crippen LogP contribution < -0.4 is 5.32 Å². The van der Waals surface area contributed by atoms with Crippen molar-refractivity contribution in [3.63, 3.8) is 0 Å². The Labute approximate surface area is 96.7 Å². The molecular weight excluding hydrogens is 234 g/mol. The van der Waals surface area contributed by atoms with Gasteiger partial charge in [-0.2, -0.15) is 12.6 Å². The zero-order chi connectivity index (χ0) is 11.5. The maximum absolute atomic E-state index is 11.2. The zero-order valence-electron chi connectivity index (χ0n) is 8.06. The topological polar surface area (TPSA) is 66.4 Å². The average Bonchev–Trinajstić information content (AvgIpc) is 2.66. The molecule has 1 heterocycles. The van der Waals surface area contributed by atoms with Crippen LogP contribution in [0.2, 0.25) is 0 Å². The van der Waals surface area contributed by atoms with E-state index >= 15 is 0 Å². The molecule has 2 N–H and O–H groups in total. The Bertz CT molecular complexity index is 363. The van der Waals surface area contributed by atoms with Gasteiger partial charge in [-0.3, -0.25) is 4.79 Å². The lowest BCUT2D eigenvalue weighted by molar-refractivity contribution is -0.146. The van der Waals surface area contributed by atoms with E-state index in [-0.39, 0.29) is 11.7 Å². The molecule has 0 saturated heterocycles. The first-order chi connectivity index (χ1) is 7.03. The molecule has 82 valence electrons. The van der Waals surface area contributed by atoms with Gasteiger partial charge in [-0.05, 0) is 11.4 Å². The van der Waals surface area contributed by atoms with Crippen LogP contribution in [0.4, 0.5) is 0 Å². The van der Waals surface area contributed by atoms with Crippen molar-refractivity contribution in [2.24, 2.45) is 0 Å². The van der Waals surface area contributed by atoms with Crippen LogP contribution >= 0.6 is 24.0 Å².